The number of rotatable bonds is 5. The van der Waals surface area contributed by atoms with Gasteiger partial charge in [0.15, 0.2) is 11.8 Å². The van der Waals surface area contributed by atoms with Crippen LogP contribution >= 0.6 is 35.3 Å². The lowest BCUT2D eigenvalue weighted by Crippen LogP contribution is -2.43. The van der Waals surface area contributed by atoms with Gasteiger partial charge in [-0.2, -0.15) is 0 Å². The molecule has 1 aliphatic rings. The Morgan fingerprint density at radius 3 is 2.65 bits per heavy atom. The lowest BCUT2D eigenvalue weighted by molar-refractivity contribution is 0.451. The van der Waals surface area contributed by atoms with E-state index in [1.165, 1.54) is 25.7 Å². The summed E-state index contributed by atoms with van der Waals surface area (Å²) in [5.74, 6) is 2.70. The Morgan fingerprint density at radius 2 is 2.08 bits per heavy atom. The van der Waals surface area contributed by atoms with Gasteiger partial charge >= 0.3 is 0 Å². The molecule has 0 unspecified atom stereocenters. The summed E-state index contributed by atoms with van der Waals surface area (Å²) in [6.45, 7) is 5.26. The van der Waals surface area contributed by atoms with Crippen LogP contribution in [-0.2, 0) is 20.1 Å². The number of hydrogen-bond acceptors (Lipinski definition) is 5. The lowest BCUT2D eigenvalue weighted by Gasteiger charge is -2.24. The van der Waals surface area contributed by atoms with Crippen molar-refractivity contribution in [2.45, 2.75) is 58.7 Å². The third kappa shape index (κ3) is 5.38. The number of thiazole rings is 1. The number of nitrogens with one attached hydrogen (secondary N) is 1. The summed E-state index contributed by atoms with van der Waals surface area (Å²) in [7, 11) is 4.05. The molecule has 0 radical (unpaired) electrons. The van der Waals surface area contributed by atoms with E-state index in [0.717, 1.165) is 34.9 Å². The molecule has 0 saturated heterocycles. The molecule has 1 aliphatic carbocycles. The van der Waals surface area contributed by atoms with Crippen molar-refractivity contribution < 1.29 is 0 Å². The smallest absolute Gasteiger partial charge is 0.194 e. The molecule has 144 valence electrons. The Hall–Kier alpha value is -1.23. The normalized spacial score (nSPS) is 15.2. The number of hydrogen-bond donors (Lipinski definition) is 1. The van der Waals surface area contributed by atoms with Crippen LogP contribution in [-0.4, -0.2) is 43.7 Å². The first-order valence-corrected chi connectivity index (χ1v) is 9.69. The van der Waals surface area contributed by atoms with Gasteiger partial charge in [0.25, 0.3) is 0 Å². The van der Waals surface area contributed by atoms with Gasteiger partial charge in [0.1, 0.15) is 12.4 Å². The predicted molar refractivity (Wildman–Crippen MR) is 116 cm³/mol. The minimum Gasteiger partial charge on any atom is -0.353 e. The number of guanidine groups is 1. The summed E-state index contributed by atoms with van der Waals surface area (Å²) in [6, 6.07) is 0.514. The van der Waals surface area contributed by atoms with E-state index in [2.05, 4.69) is 37.8 Å². The van der Waals surface area contributed by atoms with E-state index in [1.807, 2.05) is 25.5 Å². The second-order valence-electron chi connectivity index (χ2n) is 6.70. The number of aromatic nitrogens is 4. The lowest BCUT2D eigenvalue weighted by atomic mass is 10.2. The van der Waals surface area contributed by atoms with E-state index in [-0.39, 0.29) is 24.0 Å². The molecule has 0 bridgehead atoms. The Labute approximate surface area is 176 Å². The highest BCUT2D eigenvalue weighted by Gasteiger charge is 2.19. The molecule has 9 heteroatoms. The molecule has 1 fully saturated rings. The third-order valence-corrected chi connectivity index (χ3v) is 5.49. The minimum atomic E-state index is 0. The first-order chi connectivity index (χ1) is 12.0. The molecular weight excluding hydrogens is 461 g/mol. The Morgan fingerprint density at radius 1 is 1.35 bits per heavy atom. The van der Waals surface area contributed by atoms with Gasteiger partial charge in [-0.15, -0.1) is 45.5 Å². The van der Waals surface area contributed by atoms with Crippen LogP contribution in [0.5, 0.6) is 0 Å². The fourth-order valence-electron chi connectivity index (χ4n) is 3.06. The molecule has 1 saturated carbocycles. The van der Waals surface area contributed by atoms with Crippen LogP contribution in [0.3, 0.4) is 0 Å². The van der Waals surface area contributed by atoms with Crippen molar-refractivity contribution in [3.63, 3.8) is 0 Å². The highest BCUT2D eigenvalue weighted by Crippen LogP contribution is 2.18. The van der Waals surface area contributed by atoms with E-state index < -0.39 is 0 Å². The largest absolute Gasteiger partial charge is 0.353 e. The highest BCUT2D eigenvalue weighted by molar-refractivity contribution is 14.0. The van der Waals surface area contributed by atoms with Crippen molar-refractivity contribution in [1.82, 2.24) is 30.0 Å². The van der Waals surface area contributed by atoms with Crippen molar-refractivity contribution in [3.8, 4) is 0 Å². The standard InChI is InChI=1S/C17H27N7S.HI/c1-12-21-22-16(24(12)4)9-18-17(20-14-7-5-6-8-14)23(3)10-15-11-25-13(2)19-15;/h11,14H,5-10H2,1-4H3,(H,18,20);1H. The first kappa shape index (κ1) is 21.1. The molecule has 0 aliphatic heterocycles. The summed E-state index contributed by atoms with van der Waals surface area (Å²) < 4.78 is 1.99. The molecule has 0 atom stereocenters. The molecule has 1 N–H and O–H groups in total. The summed E-state index contributed by atoms with van der Waals surface area (Å²) >= 11 is 1.69. The van der Waals surface area contributed by atoms with Crippen LogP contribution < -0.4 is 5.32 Å². The highest BCUT2D eigenvalue weighted by atomic mass is 127. The Bertz CT molecular complexity index is 733. The summed E-state index contributed by atoms with van der Waals surface area (Å²) in [5.41, 5.74) is 1.08. The number of halogens is 1. The average molecular weight is 489 g/mol. The van der Waals surface area contributed by atoms with Crippen LogP contribution in [0.15, 0.2) is 10.4 Å². The topological polar surface area (TPSA) is 71.2 Å². The van der Waals surface area contributed by atoms with Crippen molar-refractivity contribution in [3.05, 3.63) is 27.7 Å². The van der Waals surface area contributed by atoms with Crippen molar-refractivity contribution in [2.24, 2.45) is 12.0 Å². The molecule has 7 nitrogen and oxygen atoms in total. The van der Waals surface area contributed by atoms with E-state index in [4.69, 9.17) is 4.99 Å². The van der Waals surface area contributed by atoms with Gasteiger partial charge < -0.3 is 14.8 Å². The van der Waals surface area contributed by atoms with Gasteiger partial charge in [0.2, 0.25) is 0 Å². The van der Waals surface area contributed by atoms with Crippen LogP contribution in [0.1, 0.15) is 48.0 Å². The van der Waals surface area contributed by atoms with Crippen molar-refractivity contribution in [2.75, 3.05) is 7.05 Å². The second-order valence-corrected chi connectivity index (χ2v) is 7.76. The van der Waals surface area contributed by atoms with Gasteiger partial charge in [-0.1, -0.05) is 12.8 Å². The van der Waals surface area contributed by atoms with Gasteiger partial charge in [0, 0.05) is 25.5 Å². The maximum Gasteiger partial charge on any atom is 0.194 e. The molecule has 3 rings (SSSR count). The van der Waals surface area contributed by atoms with Crippen molar-refractivity contribution >= 4 is 41.3 Å². The summed E-state index contributed by atoms with van der Waals surface area (Å²) in [6.07, 6.45) is 5.02. The molecule has 0 amide bonds. The quantitative estimate of drug-likeness (QED) is 0.397. The Balaban J connectivity index is 0.00000243. The molecule has 2 heterocycles. The number of aliphatic imine (C=N–C) groups is 1. The molecule has 0 aromatic carbocycles. The monoisotopic (exact) mass is 489 g/mol. The Kier molecular flexibility index (Phi) is 7.81. The molecule has 0 spiro atoms. The van der Waals surface area contributed by atoms with Gasteiger partial charge in [0.05, 0.1) is 17.2 Å². The van der Waals surface area contributed by atoms with E-state index >= 15 is 0 Å². The zero-order valence-electron chi connectivity index (χ0n) is 15.9. The zero-order chi connectivity index (χ0) is 17.8. The summed E-state index contributed by atoms with van der Waals surface area (Å²) in [5, 5.41) is 15.2. The van der Waals surface area contributed by atoms with E-state index in [1.54, 1.807) is 11.3 Å². The van der Waals surface area contributed by atoms with Crippen molar-refractivity contribution in [1.29, 1.82) is 0 Å². The maximum absolute atomic E-state index is 4.82. The van der Waals surface area contributed by atoms with Crippen LogP contribution in [0, 0.1) is 13.8 Å². The molecule has 2 aromatic heterocycles. The molecular formula is C17H28IN7S. The van der Waals surface area contributed by atoms with Crippen LogP contribution in [0.25, 0.3) is 0 Å². The van der Waals surface area contributed by atoms with Crippen LogP contribution in [0.2, 0.25) is 0 Å². The van der Waals surface area contributed by atoms with Gasteiger partial charge in [-0.05, 0) is 26.7 Å². The second kappa shape index (κ2) is 9.63. The van der Waals surface area contributed by atoms with Gasteiger partial charge in [-0.3, -0.25) is 0 Å². The summed E-state index contributed by atoms with van der Waals surface area (Å²) in [4.78, 5) is 11.5. The maximum atomic E-state index is 4.82. The SMILES string of the molecule is Cc1nc(CN(C)C(=NCc2nnc(C)n2C)NC2CCCC2)cs1.I. The number of aryl methyl sites for hydroxylation is 2. The fourth-order valence-corrected chi connectivity index (χ4v) is 3.67. The number of nitrogens with zero attached hydrogens (tertiary/aromatic N) is 6. The third-order valence-electron chi connectivity index (χ3n) is 4.67. The van der Waals surface area contributed by atoms with Gasteiger partial charge in [-0.25, -0.2) is 9.98 Å². The first-order valence-electron chi connectivity index (χ1n) is 8.81. The molecule has 2 aromatic rings. The van der Waals surface area contributed by atoms with E-state index in [0.29, 0.717) is 12.6 Å². The van der Waals surface area contributed by atoms with E-state index in [9.17, 15) is 0 Å². The molecule has 26 heavy (non-hydrogen) atoms. The van der Waals surface area contributed by atoms with Crippen LogP contribution in [0.4, 0.5) is 0 Å². The average Bonchev–Trinajstić information content (AvgIpc) is 3.30. The fraction of sp³-hybridized carbons (Fsp3) is 0.647. The predicted octanol–water partition coefficient (Wildman–Crippen LogP) is 3.03. The zero-order valence-corrected chi connectivity index (χ0v) is 19.0. The minimum absolute atomic E-state index is 0.